The Morgan fingerprint density at radius 2 is 1.83 bits per heavy atom. The number of fused-ring (bicyclic) bond motifs is 1. The number of rotatable bonds is 6. The van der Waals surface area contributed by atoms with Crippen LogP contribution in [0, 0.1) is 0 Å². The van der Waals surface area contributed by atoms with Crippen molar-refractivity contribution in [1.29, 1.82) is 0 Å². The van der Waals surface area contributed by atoms with E-state index in [4.69, 9.17) is 0 Å². The van der Waals surface area contributed by atoms with Gasteiger partial charge >= 0.3 is 17.8 Å². The maximum atomic E-state index is 12.4. The predicted octanol–water partition coefficient (Wildman–Crippen LogP) is 2.15. The highest BCUT2D eigenvalue weighted by atomic mass is 16.2. The summed E-state index contributed by atoms with van der Waals surface area (Å²) in [6.07, 6.45) is 3.53. The maximum absolute atomic E-state index is 12.4. The van der Waals surface area contributed by atoms with Gasteiger partial charge in [-0.3, -0.25) is 19.4 Å². The molecule has 1 aliphatic heterocycles. The highest BCUT2D eigenvalue weighted by Crippen LogP contribution is 2.35. The van der Waals surface area contributed by atoms with Crippen LogP contribution in [-0.4, -0.2) is 52.8 Å². The quantitative estimate of drug-likeness (QED) is 0.593. The molecule has 128 valence electrons. The molecule has 1 saturated heterocycles. The molecule has 1 unspecified atom stereocenters. The molecule has 0 radical (unpaired) electrons. The lowest BCUT2D eigenvalue weighted by molar-refractivity contribution is -0.144. The summed E-state index contributed by atoms with van der Waals surface area (Å²) < 4.78 is 0. The number of hydrogen-bond acceptors (Lipinski definition) is 4. The van der Waals surface area contributed by atoms with Crippen LogP contribution in [0.5, 0.6) is 0 Å². The number of nitrogens with zero attached hydrogens (tertiary/aromatic N) is 3. The Hall–Kier alpha value is -2.21. The standard InChI is InChI=1S/C18H23N3O3/c1-3-4-11-20-16(22)17(23)21(18(20)24)12-19(2)15-10-9-13-7-5-6-8-14(13)15/h5-8,15H,3-4,9-12H2,1-2H3. The Morgan fingerprint density at radius 3 is 2.58 bits per heavy atom. The SMILES string of the molecule is CCCCN1C(=O)C(=O)N(CN(C)C2CCc3ccccc32)C1=O. The van der Waals surface area contributed by atoms with Gasteiger partial charge in [0, 0.05) is 12.6 Å². The van der Waals surface area contributed by atoms with E-state index >= 15 is 0 Å². The van der Waals surface area contributed by atoms with Crippen molar-refractivity contribution >= 4 is 17.8 Å². The van der Waals surface area contributed by atoms with Crippen LogP contribution in [0.15, 0.2) is 24.3 Å². The molecule has 1 aromatic carbocycles. The van der Waals surface area contributed by atoms with Gasteiger partial charge in [0.15, 0.2) is 0 Å². The zero-order chi connectivity index (χ0) is 17.3. The molecule has 0 N–H and O–H groups in total. The van der Waals surface area contributed by atoms with Gasteiger partial charge < -0.3 is 0 Å². The van der Waals surface area contributed by atoms with Gasteiger partial charge in [0.05, 0.1) is 6.67 Å². The first kappa shape index (κ1) is 16.6. The highest BCUT2D eigenvalue weighted by Gasteiger charge is 2.45. The summed E-state index contributed by atoms with van der Waals surface area (Å²) in [4.78, 5) is 40.7. The first-order valence-corrected chi connectivity index (χ1v) is 8.50. The van der Waals surface area contributed by atoms with Gasteiger partial charge in [-0.15, -0.1) is 0 Å². The molecular formula is C18H23N3O3. The average molecular weight is 329 g/mol. The third kappa shape index (κ3) is 2.82. The molecule has 0 spiro atoms. The average Bonchev–Trinajstić information content (AvgIpc) is 3.09. The summed E-state index contributed by atoms with van der Waals surface area (Å²) >= 11 is 0. The zero-order valence-corrected chi connectivity index (χ0v) is 14.2. The van der Waals surface area contributed by atoms with Crippen LogP contribution in [0.2, 0.25) is 0 Å². The van der Waals surface area contributed by atoms with Crippen LogP contribution in [0.3, 0.4) is 0 Å². The van der Waals surface area contributed by atoms with E-state index in [0.29, 0.717) is 13.0 Å². The van der Waals surface area contributed by atoms with Crippen molar-refractivity contribution in [3.63, 3.8) is 0 Å². The van der Waals surface area contributed by atoms with Crippen LogP contribution in [0.1, 0.15) is 43.4 Å². The van der Waals surface area contributed by atoms with Crippen LogP contribution in [0.25, 0.3) is 0 Å². The van der Waals surface area contributed by atoms with Gasteiger partial charge in [-0.1, -0.05) is 37.6 Å². The second-order valence-corrected chi connectivity index (χ2v) is 6.48. The smallest absolute Gasteiger partial charge is 0.281 e. The summed E-state index contributed by atoms with van der Waals surface area (Å²) in [5, 5.41) is 0. The first-order chi connectivity index (χ1) is 11.5. The Bertz CT molecular complexity index is 673. The fourth-order valence-corrected chi connectivity index (χ4v) is 3.50. The van der Waals surface area contributed by atoms with Crippen molar-refractivity contribution in [2.45, 2.75) is 38.6 Å². The number of carbonyl (C=O) groups is 3. The molecule has 4 amide bonds. The normalized spacial score (nSPS) is 20.5. The monoisotopic (exact) mass is 329 g/mol. The van der Waals surface area contributed by atoms with E-state index in [0.717, 1.165) is 29.1 Å². The summed E-state index contributed by atoms with van der Waals surface area (Å²) in [6.45, 7) is 2.44. The van der Waals surface area contributed by atoms with Gasteiger partial charge in [0.25, 0.3) is 0 Å². The minimum Gasteiger partial charge on any atom is -0.281 e. The van der Waals surface area contributed by atoms with E-state index < -0.39 is 17.8 Å². The van der Waals surface area contributed by atoms with Crippen molar-refractivity contribution < 1.29 is 14.4 Å². The molecule has 1 fully saturated rings. The van der Waals surface area contributed by atoms with Crippen molar-refractivity contribution in [3.05, 3.63) is 35.4 Å². The molecule has 3 rings (SSSR count). The van der Waals surface area contributed by atoms with Gasteiger partial charge in [0.1, 0.15) is 0 Å². The Labute approximate surface area is 142 Å². The second-order valence-electron chi connectivity index (χ2n) is 6.48. The van der Waals surface area contributed by atoms with E-state index in [9.17, 15) is 14.4 Å². The van der Waals surface area contributed by atoms with Crippen molar-refractivity contribution in [3.8, 4) is 0 Å². The number of imide groups is 2. The van der Waals surface area contributed by atoms with E-state index in [1.165, 1.54) is 11.1 Å². The lowest BCUT2D eigenvalue weighted by Crippen LogP contribution is -2.41. The third-order valence-corrected chi connectivity index (χ3v) is 4.87. The molecule has 0 saturated carbocycles. The van der Waals surface area contributed by atoms with E-state index in [1.807, 2.05) is 31.0 Å². The van der Waals surface area contributed by atoms with Crippen LogP contribution in [-0.2, 0) is 16.0 Å². The Kier molecular flexibility index (Phi) is 4.66. The Morgan fingerprint density at radius 1 is 1.12 bits per heavy atom. The first-order valence-electron chi connectivity index (χ1n) is 8.50. The number of unbranched alkanes of at least 4 members (excludes halogenated alkanes) is 1. The summed E-state index contributed by atoms with van der Waals surface area (Å²) in [5.41, 5.74) is 2.56. The third-order valence-electron chi connectivity index (χ3n) is 4.87. The molecule has 6 nitrogen and oxygen atoms in total. The largest absolute Gasteiger partial charge is 0.335 e. The maximum Gasteiger partial charge on any atom is 0.335 e. The highest BCUT2D eigenvalue weighted by molar-refractivity contribution is 6.44. The van der Waals surface area contributed by atoms with Crippen molar-refractivity contribution in [2.75, 3.05) is 20.3 Å². The molecule has 2 aliphatic rings. The number of carbonyl (C=O) groups excluding carboxylic acids is 3. The molecule has 6 heteroatoms. The number of aryl methyl sites for hydroxylation is 1. The van der Waals surface area contributed by atoms with Gasteiger partial charge in [-0.25, -0.2) is 9.69 Å². The summed E-state index contributed by atoms with van der Waals surface area (Å²) in [6, 6.07) is 7.92. The van der Waals surface area contributed by atoms with Crippen LogP contribution >= 0.6 is 0 Å². The molecule has 1 atom stereocenters. The van der Waals surface area contributed by atoms with Gasteiger partial charge in [0.2, 0.25) is 0 Å². The Balaban J connectivity index is 1.71. The minimum atomic E-state index is -0.714. The molecule has 1 heterocycles. The number of amides is 4. The number of hydrogen-bond donors (Lipinski definition) is 0. The van der Waals surface area contributed by atoms with E-state index in [2.05, 4.69) is 12.1 Å². The topological polar surface area (TPSA) is 60.9 Å². The molecule has 0 bridgehead atoms. The molecule has 24 heavy (non-hydrogen) atoms. The van der Waals surface area contributed by atoms with Crippen molar-refractivity contribution in [2.24, 2.45) is 0 Å². The van der Waals surface area contributed by atoms with Crippen molar-refractivity contribution in [1.82, 2.24) is 14.7 Å². The van der Waals surface area contributed by atoms with E-state index in [-0.39, 0.29) is 12.7 Å². The minimum absolute atomic E-state index is 0.144. The zero-order valence-electron chi connectivity index (χ0n) is 14.2. The number of benzene rings is 1. The summed E-state index contributed by atoms with van der Waals surface area (Å²) in [7, 11) is 1.90. The lowest BCUT2D eigenvalue weighted by Gasteiger charge is -2.28. The van der Waals surface area contributed by atoms with Gasteiger partial charge in [-0.2, -0.15) is 0 Å². The van der Waals surface area contributed by atoms with Gasteiger partial charge in [-0.05, 0) is 37.4 Å². The second kappa shape index (κ2) is 6.73. The van der Waals surface area contributed by atoms with Crippen LogP contribution in [0.4, 0.5) is 4.79 Å². The molecular weight excluding hydrogens is 306 g/mol. The summed E-state index contributed by atoms with van der Waals surface area (Å²) in [5.74, 6) is -1.41. The van der Waals surface area contributed by atoms with E-state index in [1.54, 1.807) is 0 Å². The van der Waals surface area contributed by atoms with Crippen LogP contribution < -0.4 is 0 Å². The lowest BCUT2D eigenvalue weighted by atomic mass is 10.1. The molecule has 0 aromatic heterocycles. The molecule has 1 aromatic rings. The number of urea groups is 1. The fraction of sp³-hybridized carbons (Fsp3) is 0.500. The molecule has 1 aliphatic carbocycles. The fourth-order valence-electron chi connectivity index (χ4n) is 3.50. The predicted molar refractivity (Wildman–Crippen MR) is 89.0 cm³/mol.